The summed E-state index contributed by atoms with van der Waals surface area (Å²) < 4.78 is 0. The summed E-state index contributed by atoms with van der Waals surface area (Å²) in [7, 11) is 0. The van der Waals surface area contributed by atoms with Crippen molar-refractivity contribution in [3.8, 4) is 0 Å². The maximum absolute atomic E-state index is 12.0. The minimum Gasteiger partial charge on any atom is -0.298 e. The Morgan fingerprint density at radius 2 is 2.33 bits per heavy atom. The van der Waals surface area contributed by atoms with Gasteiger partial charge in [0, 0.05) is 23.1 Å². The molecule has 1 N–H and O–H groups in total. The third-order valence-corrected chi connectivity index (χ3v) is 4.96. The number of benzene rings is 1. The zero-order valence-corrected chi connectivity index (χ0v) is 14.0. The molecule has 2 aromatic rings. The van der Waals surface area contributed by atoms with Crippen LogP contribution in [0.1, 0.15) is 29.5 Å². The van der Waals surface area contributed by atoms with E-state index in [1.807, 2.05) is 0 Å². The highest BCUT2D eigenvalue weighted by atomic mass is 32.1. The van der Waals surface area contributed by atoms with Gasteiger partial charge in [-0.1, -0.05) is 19.1 Å². The Labute approximate surface area is 143 Å². The van der Waals surface area contributed by atoms with E-state index >= 15 is 0 Å². The van der Waals surface area contributed by atoms with E-state index in [-0.39, 0.29) is 11.6 Å². The number of nitro benzene ring substituents is 1. The largest absolute Gasteiger partial charge is 0.298 e. The number of nitrogens with zero attached hydrogens (tertiary/aromatic N) is 2. The Bertz CT molecular complexity index is 813. The van der Waals surface area contributed by atoms with Crippen LogP contribution < -0.4 is 5.32 Å². The number of nitrogens with one attached hydrogen (secondary N) is 1. The minimum atomic E-state index is -0.460. The van der Waals surface area contributed by atoms with Gasteiger partial charge in [-0.05, 0) is 36.8 Å². The van der Waals surface area contributed by atoms with Gasteiger partial charge in [0.25, 0.3) is 5.69 Å². The highest BCUT2D eigenvalue weighted by Crippen LogP contribution is 2.32. The summed E-state index contributed by atoms with van der Waals surface area (Å²) in [6.45, 7) is 2.22. The first-order valence-corrected chi connectivity index (χ1v) is 8.55. The van der Waals surface area contributed by atoms with Gasteiger partial charge < -0.3 is 0 Å². The predicted molar refractivity (Wildman–Crippen MR) is 94.1 cm³/mol. The minimum absolute atomic E-state index is 0.000670. The quantitative estimate of drug-likeness (QED) is 0.519. The third kappa shape index (κ3) is 3.86. The van der Waals surface area contributed by atoms with Gasteiger partial charge in [0.05, 0.1) is 10.6 Å². The van der Waals surface area contributed by atoms with Crippen molar-refractivity contribution in [1.82, 2.24) is 4.98 Å². The van der Waals surface area contributed by atoms with E-state index in [1.165, 1.54) is 34.4 Å². The molecule has 0 saturated carbocycles. The van der Waals surface area contributed by atoms with E-state index in [0.717, 1.165) is 25.0 Å². The fraction of sp³-hybridized carbons (Fsp3) is 0.294. The average molecular weight is 343 g/mol. The van der Waals surface area contributed by atoms with Crippen LogP contribution in [0.25, 0.3) is 6.08 Å². The number of amides is 1. The number of rotatable bonds is 4. The fourth-order valence-corrected chi connectivity index (χ4v) is 3.83. The summed E-state index contributed by atoms with van der Waals surface area (Å²) in [5.74, 6) is 0.371. The number of nitro groups is 1. The van der Waals surface area contributed by atoms with Crippen LogP contribution in [-0.4, -0.2) is 15.8 Å². The van der Waals surface area contributed by atoms with Crippen LogP contribution in [0.15, 0.2) is 30.3 Å². The van der Waals surface area contributed by atoms with E-state index in [0.29, 0.717) is 16.6 Å². The van der Waals surface area contributed by atoms with Gasteiger partial charge in [-0.15, -0.1) is 11.3 Å². The summed E-state index contributed by atoms with van der Waals surface area (Å²) in [5.41, 5.74) is 1.70. The molecule has 0 radical (unpaired) electrons. The lowest BCUT2D eigenvalue weighted by Crippen LogP contribution is -2.09. The van der Waals surface area contributed by atoms with Crippen LogP contribution in [0, 0.1) is 16.0 Å². The van der Waals surface area contributed by atoms with Gasteiger partial charge >= 0.3 is 0 Å². The van der Waals surface area contributed by atoms with E-state index in [2.05, 4.69) is 17.2 Å². The molecule has 1 heterocycles. The Hall–Kier alpha value is -2.54. The molecule has 24 heavy (non-hydrogen) atoms. The summed E-state index contributed by atoms with van der Waals surface area (Å²) >= 11 is 1.53. The summed E-state index contributed by atoms with van der Waals surface area (Å²) in [6, 6.07) is 6.14. The van der Waals surface area contributed by atoms with Gasteiger partial charge in [-0.25, -0.2) is 4.98 Å². The number of aryl methyl sites for hydroxylation is 1. The molecule has 3 rings (SSSR count). The maximum Gasteiger partial charge on any atom is 0.270 e. The van der Waals surface area contributed by atoms with Crippen molar-refractivity contribution in [2.75, 3.05) is 5.32 Å². The van der Waals surface area contributed by atoms with Crippen LogP contribution in [0.5, 0.6) is 0 Å². The molecule has 1 aliphatic carbocycles. The molecule has 1 aliphatic rings. The lowest BCUT2D eigenvalue weighted by molar-refractivity contribution is -0.384. The standard InChI is InChI=1S/C17H17N3O3S/c1-11-5-7-14-15(9-11)24-17(18-14)19-16(21)8-6-12-3-2-4-13(10-12)20(22)23/h2-4,6,8,10-11H,5,7,9H2,1H3,(H,18,19,21)/b8-6+/t11-/m0/s1. The Balaban J connectivity index is 1.65. The number of thiazole rings is 1. The molecule has 0 saturated heterocycles. The van der Waals surface area contributed by atoms with E-state index in [4.69, 9.17) is 0 Å². The second kappa shape index (κ2) is 6.92. The highest BCUT2D eigenvalue weighted by Gasteiger charge is 2.20. The van der Waals surface area contributed by atoms with Crippen molar-refractivity contribution in [1.29, 1.82) is 0 Å². The highest BCUT2D eigenvalue weighted by molar-refractivity contribution is 7.15. The monoisotopic (exact) mass is 343 g/mol. The number of carbonyl (C=O) groups excluding carboxylic acids is 1. The van der Waals surface area contributed by atoms with E-state index < -0.39 is 4.92 Å². The Morgan fingerprint density at radius 1 is 1.50 bits per heavy atom. The van der Waals surface area contributed by atoms with E-state index in [9.17, 15) is 14.9 Å². The lowest BCUT2D eigenvalue weighted by atomic mass is 9.93. The number of hydrogen-bond acceptors (Lipinski definition) is 5. The average Bonchev–Trinajstić information content (AvgIpc) is 2.94. The van der Waals surface area contributed by atoms with Gasteiger partial charge in [0.1, 0.15) is 0 Å². The van der Waals surface area contributed by atoms with Crippen molar-refractivity contribution >= 4 is 34.1 Å². The number of carbonyl (C=O) groups is 1. The molecule has 1 atom stereocenters. The first kappa shape index (κ1) is 16.3. The van der Waals surface area contributed by atoms with Gasteiger partial charge in [0.2, 0.25) is 5.91 Å². The smallest absolute Gasteiger partial charge is 0.270 e. The Morgan fingerprint density at radius 3 is 3.12 bits per heavy atom. The molecule has 1 aromatic heterocycles. The fourth-order valence-electron chi connectivity index (χ4n) is 2.65. The SMILES string of the molecule is C[C@H]1CCc2nc(NC(=O)/C=C/c3cccc([N+](=O)[O-])c3)sc2C1. The molecular weight excluding hydrogens is 326 g/mol. The molecular formula is C17H17N3O3S. The molecule has 0 aliphatic heterocycles. The van der Waals surface area contributed by atoms with Crippen molar-refractivity contribution in [3.63, 3.8) is 0 Å². The summed E-state index contributed by atoms with van der Waals surface area (Å²) in [4.78, 5) is 28.0. The van der Waals surface area contributed by atoms with Gasteiger partial charge in [0.15, 0.2) is 5.13 Å². The molecule has 1 amide bonds. The van der Waals surface area contributed by atoms with Crippen molar-refractivity contribution < 1.29 is 9.72 Å². The molecule has 0 spiro atoms. The third-order valence-electron chi connectivity index (χ3n) is 3.92. The number of hydrogen-bond donors (Lipinski definition) is 1. The molecule has 124 valence electrons. The number of anilines is 1. The number of non-ortho nitro benzene ring substituents is 1. The van der Waals surface area contributed by atoms with Crippen LogP contribution >= 0.6 is 11.3 Å². The first-order valence-electron chi connectivity index (χ1n) is 7.73. The molecule has 6 nitrogen and oxygen atoms in total. The number of aromatic nitrogens is 1. The molecule has 1 aromatic carbocycles. The van der Waals surface area contributed by atoms with Crippen LogP contribution in [0.3, 0.4) is 0 Å². The second-order valence-electron chi connectivity index (χ2n) is 5.91. The summed E-state index contributed by atoms with van der Waals surface area (Å²) in [6.07, 6.45) is 6.04. The van der Waals surface area contributed by atoms with E-state index in [1.54, 1.807) is 18.2 Å². The van der Waals surface area contributed by atoms with Gasteiger partial charge in [-0.3, -0.25) is 20.2 Å². The van der Waals surface area contributed by atoms with Crippen LogP contribution in [0.4, 0.5) is 10.8 Å². The topological polar surface area (TPSA) is 85.1 Å². The van der Waals surface area contributed by atoms with Gasteiger partial charge in [-0.2, -0.15) is 0 Å². The van der Waals surface area contributed by atoms with Crippen molar-refractivity contribution in [2.24, 2.45) is 5.92 Å². The van der Waals surface area contributed by atoms with Crippen molar-refractivity contribution in [2.45, 2.75) is 26.2 Å². The molecule has 0 bridgehead atoms. The molecule has 0 unspecified atom stereocenters. The number of fused-ring (bicyclic) bond motifs is 1. The zero-order chi connectivity index (χ0) is 17.1. The normalized spacial score (nSPS) is 16.8. The lowest BCUT2D eigenvalue weighted by Gasteiger charge is -2.15. The zero-order valence-electron chi connectivity index (χ0n) is 13.2. The van der Waals surface area contributed by atoms with Crippen molar-refractivity contribution in [3.05, 3.63) is 56.6 Å². The van der Waals surface area contributed by atoms with Crippen LogP contribution in [0.2, 0.25) is 0 Å². The summed E-state index contributed by atoms with van der Waals surface area (Å²) in [5, 5.41) is 14.1. The molecule has 0 fully saturated rings. The predicted octanol–water partition coefficient (Wildman–Crippen LogP) is 3.83. The molecule has 7 heteroatoms. The Kier molecular flexibility index (Phi) is 4.71. The second-order valence-corrected chi connectivity index (χ2v) is 7.00. The first-order chi connectivity index (χ1) is 11.5. The maximum atomic E-state index is 12.0. The van der Waals surface area contributed by atoms with Crippen LogP contribution in [-0.2, 0) is 17.6 Å².